The number of benzene rings is 1. The van der Waals surface area contributed by atoms with Crippen LogP contribution < -0.4 is 4.90 Å². The summed E-state index contributed by atoms with van der Waals surface area (Å²) in [6, 6.07) is 7.98. The van der Waals surface area contributed by atoms with E-state index in [1.165, 1.54) is 68.9 Å². The van der Waals surface area contributed by atoms with Crippen molar-refractivity contribution >= 4 is 5.69 Å². The average molecular weight is 344 g/mol. The molecule has 2 fully saturated rings. The van der Waals surface area contributed by atoms with Crippen LogP contribution in [0.25, 0.3) is 0 Å². The normalized spacial score (nSPS) is 21.7. The summed E-state index contributed by atoms with van der Waals surface area (Å²) in [5.74, 6) is 0. The second-order valence-corrected chi connectivity index (χ2v) is 9.00. The fourth-order valence-corrected chi connectivity index (χ4v) is 4.48. The molecule has 0 spiro atoms. The summed E-state index contributed by atoms with van der Waals surface area (Å²) >= 11 is 0. The molecule has 0 aromatic heterocycles. The van der Waals surface area contributed by atoms with Gasteiger partial charge in [-0.25, -0.2) is 0 Å². The Balaban J connectivity index is 1.63. The van der Waals surface area contributed by atoms with Crippen LogP contribution in [0.2, 0.25) is 0 Å². The van der Waals surface area contributed by atoms with Gasteiger partial charge in [0.2, 0.25) is 0 Å². The predicted octanol–water partition coefficient (Wildman–Crippen LogP) is 3.76. The van der Waals surface area contributed by atoms with Crippen molar-refractivity contribution in [1.82, 2.24) is 9.80 Å². The molecule has 2 saturated heterocycles. The summed E-state index contributed by atoms with van der Waals surface area (Å²) in [4.78, 5) is 7.80. The molecule has 25 heavy (non-hydrogen) atoms. The lowest BCUT2D eigenvalue weighted by atomic mass is 9.83. The van der Waals surface area contributed by atoms with Gasteiger partial charge in [-0.2, -0.15) is 0 Å². The van der Waals surface area contributed by atoms with Crippen LogP contribution in [0.3, 0.4) is 0 Å². The Morgan fingerprint density at radius 2 is 1.60 bits per heavy atom. The van der Waals surface area contributed by atoms with Crippen LogP contribution in [0, 0.1) is 0 Å². The molecule has 0 unspecified atom stereocenters. The quantitative estimate of drug-likeness (QED) is 0.827. The van der Waals surface area contributed by atoms with Crippen molar-refractivity contribution < 1.29 is 0 Å². The van der Waals surface area contributed by atoms with E-state index < -0.39 is 0 Å². The lowest BCUT2D eigenvalue weighted by Gasteiger charge is -2.42. The Bertz CT molecular complexity index is 559. The number of piperazine rings is 1. The third-order valence-corrected chi connectivity index (χ3v) is 6.16. The number of piperidine rings is 1. The summed E-state index contributed by atoms with van der Waals surface area (Å²) in [5, 5.41) is 0. The van der Waals surface area contributed by atoms with Gasteiger partial charge in [0.05, 0.1) is 0 Å². The maximum atomic E-state index is 2.73. The van der Waals surface area contributed by atoms with Crippen LogP contribution in [0.4, 0.5) is 5.69 Å². The van der Waals surface area contributed by atoms with Crippen molar-refractivity contribution in [3.63, 3.8) is 0 Å². The molecule has 1 aromatic rings. The third-order valence-electron chi connectivity index (χ3n) is 6.16. The van der Waals surface area contributed by atoms with Crippen molar-refractivity contribution in [2.45, 2.75) is 58.4 Å². The first-order valence-electron chi connectivity index (χ1n) is 10.2. The lowest BCUT2D eigenvalue weighted by molar-refractivity contribution is 0.0982. The Morgan fingerprint density at radius 3 is 2.16 bits per heavy atom. The third kappa shape index (κ3) is 4.38. The maximum absolute atomic E-state index is 2.73. The molecule has 0 atom stereocenters. The van der Waals surface area contributed by atoms with Crippen LogP contribution in [0.1, 0.15) is 51.7 Å². The second kappa shape index (κ2) is 7.67. The maximum Gasteiger partial charge on any atom is 0.0369 e. The van der Waals surface area contributed by atoms with E-state index in [2.05, 4.69) is 67.6 Å². The van der Waals surface area contributed by atoms with Gasteiger partial charge in [0.15, 0.2) is 0 Å². The topological polar surface area (TPSA) is 9.72 Å². The lowest BCUT2D eigenvalue weighted by Crippen LogP contribution is -2.52. The Kier molecular flexibility index (Phi) is 5.75. The molecule has 3 rings (SSSR count). The van der Waals surface area contributed by atoms with Gasteiger partial charge >= 0.3 is 0 Å². The highest BCUT2D eigenvalue weighted by molar-refractivity contribution is 5.52. The van der Waals surface area contributed by atoms with Gasteiger partial charge in [-0.15, -0.1) is 0 Å². The largest absolute Gasteiger partial charge is 0.371 e. The van der Waals surface area contributed by atoms with Crippen LogP contribution >= 0.6 is 0 Å². The van der Waals surface area contributed by atoms with Gasteiger partial charge in [-0.05, 0) is 55.0 Å². The molecule has 2 heterocycles. The summed E-state index contributed by atoms with van der Waals surface area (Å²) in [6.07, 6.45) is 3.75. The van der Waals surface area contributed by atoms with Crippen LogP contribution in [0.15, 0.2) is 18.2 Å². The Labute approximate surface area is 155 Å². The first-order chi connectivity index (χ1) is 11.9. The van der Waals surface area contributed by atoms with E-state index in [1.807, 2.05) is 0 Å². The summed E-state index contributed by atoms with van der Waals surface area (Å²) < 4.78 is 0. The number of anilines is 1. The van der Waals surface area contributed by atoms with E-state index in [1.54, 1.807) is 0 Å². The smallest absolute Gasteiger partial charge is 0.0369 e. The molecular weight excluding hydrogens is 306 g/mol. The number of hydrogen-bond acceptors (Lipinski definition) is 3. The molecule has 0 aliphatic carbocycles. The molecule has 0 radical (unpaired) electrons. The standard InChI is InChI=1S/C22H37N3/c1-6-18-17-20(7-8-21(18)22(2,3)4)24-11-9-19(10-12-24)25-15-13-23(5)14-16-25/h7-8,17,19H,6,9-16H2,1-5H3. The van der Waals surface area contributed by atoms with Gasteiger partial charge in [-0.1, -0.05) is 33.8 Å². The van der Waals surface area contributed by atoms with Crippen LogP contribution in [-0.4, -0.2) is 62.2 Å². The molecule has 2 aliphatic rings. The zero-order chi connectivity index (χ0) is 18.0. The fourth-order valence-electron chi connectivity index (χ4n) is 4.48. The van der Waals surface area contributed by atoms with Crippen molar-refractivity contribution in [1.29, 1.82) is 0 Å². The molecule has 0 bridgehead atoms. The summed E-state index contributed by atoms with van der Waals surface area (Å²) in [7, 11) is 2.24. The molecule has 0 amide bonds. The molecule has 140 valence electrons. The molecule has 0 N–H and O–H groups in total. The van der Waals surface area contributed by atoms with Gasteiger partial charge in [0.1, 0.15) is 0 Å². The highest BCUT2D eigenvalue weighted by Crippen LogP contribution is 2.31. The number of likely N-dealkylation sites (N-methyl/N-ethyl adjacent to an activating group) is 1. The van der Waals surface area contributed by atoms with Crippen LogP contribution in [0.5, 0.6) is 0 Å². The number of aryl methyl sites for hydroxylation is 1. The van der Waals surface area contributed by atoms with Crippen molar-refractivity contribution in [3.8, 4) is 0 Å². The zero-order valence-electron chi connectivity index (χ0n) is 17.0. The Morgan fingerprint density at radius 1 is 0.960 bits per heavy atom. The Hall–Kier alpha value is -1.06. The average Bonchev–Trinajstić information content (AvgIpc) is 2.61. The minimum Gasteiger partial charge on any atom is -0.371 e. The number of rotatable bonds is 3. The number of hydrogen-bond donors (Lipinski definition) is 0. The predicted molar refractivity (Wildman–Crippen MR) is 109 cm³/mol. The zero-order valence-corrected chi connectivity index (χ0v) is 17.0. The van der Waals surface area contributed by atoms with Gasteiger partial charge < -0.3 is 9.80 Å². The first kappa shape index (κ1) is 18.7. The van der Waals surface area contributed by atoms with Crippen molar-refractivity contribution in [2.24, 2.45) is 0 Å². The van der Waals surface area contributed by atoms with Gasteiger partial charge in [-0.3, -0.25) is 4.90 Å². The summed E-state index contributed by atoms with van der Waals surface area (Å²) in [5.41, 5.74) is 4.69. The van der Waals surface area contributed by atoms with Gasteiger partial charge in [0, 0.05) is 51.0 Å². The monoisotopic (exact) mass is 343 g/mol. The molecule has 1 aromatic carbocycles. The molecular formula is C22H37N3. The SMILES string of the molecule is CCc1cc(N2CCC(N3CCN(C)CC3)CC2)ccc1C(C)(C)C. The summed E-state index contributed by atoms with van der Waals surface area (Å²) in [6.45, 7) is 16.6. The van der Waals surface area contributed by atoms with Gasteiger partial charge in [0.25, 0.3) is 0 Å². The van der Waals surface area contributed by atoms with Crippen molar-refractivity contribution in [3.05, 3.63) is 29.3 Å². The van der Waals surface area contributed by atoms with E-state index in [9.17, 15) is 0 Å². The molecule has 3 nitrogen and oxygen atoms in total. The molecule has 3 heteroatoms. The number of nitrogens with zero attached hydrogens (tertiary/aromatic N) is 3. The van der Waals surface area contributed by atoms with E-state index in [4.69, 9.17) is 0 Å². The van der Waals surface area contributed by atoms with Crippen LogP contribution in [-0.2, 0) is 11.8 Å². The minimum absolute atomic E-state index is 0.234. The van der Waals surface area contributed by atoms with E-state index in [0.29, 0.717) is 0 Å². The fraction of sp³-hybridized carbons (Fsp3) is 0.727. The van der Waals surface area contributed by atoms with E-state index >= 15 is 0 Å². The van der Waals surface area contributed by atoms with Crippen molar-refractivity contribution in [2.75, 3.05) is 51.2 Å². The highest BCUT2D eigenvalue weighted by atomic mass is 15.3. The molecule has 0 saturated carbocycles. The highest BCUT2D eigenvalue weighted by Gasteiger charge is 2.27. The minimum atomic E-state index is 0.234. The van der Waals surface area contributed by atoms with E-state index in [-0.39, 0.29) is 5.41 Å². The second-order valence-electron chi connectivity index (χ2n) is 9.00. The first-order valence-corrected chi connectivity index (χ1v) is 10.2. The molecule has 2 aliphatic heterocycles. The van der Waals surface area contributed by atoms with E-state index in [0.717, 1.165) is 12.5 Å².